The number of nitrogens with zero attached hydrogens (tertiary/aromatic N) is 1. The first-order chi connectivity index (χ1) is 7.94. The standard InChI is InChI=1S/C11H14ClNO3S/c1-17(14,15)16-10-4-2-8(6-10)9-3-5-11(12)13-7-9/h3,5,7-8,10H,2,4,6H2,1H3. The molecule has 94 valence electrons. The molecule has 2 rings (SSSR count). The molecule has 0 N–H and O–H groups in total. The van der Waals surface area contributed by atoms with Crippen LogP contribution in [-0.2, 0) is 14.3 Å². The van der Waals surface area contributed by atoms with Crippen molar-refractivity contribution >= 4 is 21.7 Å². The molecule has 4 nitrogen and oxygen atoms in total. The van der Waals surface area contributed by atoms with E-state index in [1.807, 2.05) is 6.07 Å². The summed E-state index contributed by atoms with van der Waals surface area (Å²) in [5.41, 5.74) is 1.09. The molecule has 1 aliphatic carbocycles. The highest BCUT2D eigenvalue weighted by atomic mass is 35.5. The minimum absolute atomic E-state index is 0.203. The Morgan fingerprint density at radius 1 is 1.41 bits per heavy atom. The highest BCUT2D eigenvalue weighted by Gasteiger charge is 2.29. The maximum atomic E-state index is 11.0. The fourth-order valence-corrected chi connectivity index (χ4v) is 2.99. The van der Waals surface area contributed by atoms with Crippen LogP contribution >= 0.6 is 11.6 Å². The van der Waals surface area contributed by atoms with Gasteiger partial charge in [0.2, 0.25) is 0 Å². The zero-order valence-electron chi connectivity index (χ0n) is 9.47. The molecule has 1 aromatic heterocycles. The fraction of sp³-hybridized carbons (Fsp3) is 0.545. The maximum absolute atomic E-state index is 11.0. The van der Waals surface area contributed by atoms with Gasteiger partial charge in [-0.1, -0.05) is 17.7 Å². The van der Waals surface area contributed by atoms with E-state index >= 15 is 0 Å². The first kappa shape index (κ1) is 12.8. The Kier molecular flexibility index (Phi) is 3.70. The Labute approximate surface area is 106 Å². The van der Waals surface area contributed by atoms with Gasteiger partial charge in [0, 0.05) is 6.20 Å². The monoisotopic (exact) mass is 275 g/mol. The van der Waals surface area contributed by atoms with Crippen LogP contribution in [0, 0.1) is 0 Å². The van der Waals surface area contributed by atoms with E-state index in [9.17, 15) is 8.42 Å². The molecule has 17 heavy (non-hydrogen) atoms. The predicted octanol–water partition coefficient (Wildman–Crippen LogP) is 2.35. The van der Waals surface area contributed by atoms with E-state index in [1.165, 1.54) is 0 Å². The highest BCUT2D eigenvalue weighted by Crippen LogP contribution is 2.36. The smallest absolute Gasteiger partial charge is 0.264 e. The van der Waals surface area contributed by atoms with Crippen LogP contribution in [-0.4, -0.2) is 25.8 Å². The van der Waals surface area contributed by atoms with Crippen molar-refractivity contribution in [3.8, 4) is 0 Å². The third kappa shape index (κ3) is 3.66. The first-order valence-electron chi connectivity index (χ1n) is 5.44. The van der Waals surface area contributed by atoms with Gasteiger partial charge >= 0.3 is 0 Å². The largest absolute Gasteiger partial charge is 0.267 e. The van der Waals surface area contributed by atoms with E-state index in [0.29, 0.717) is 11.1 Å². The summed E-state index contributed by atoms with van der Waals surface area (Å²) in [5.74, 6) is 0.312. The summed E-state index contributed by atoms with van der Waals surface area (Å²) in [4.78, 5) is 4.03. The minimum Gasteiger partial charge on any atom is -0.267 e. The van der Waals surface area contributed by atoms with Crippen molar-refractivity contribution in [3.63, 3.8) is 0 Å². The lowest BCUT2D eigenvalue weighted by Crippen LogP contribution is -2.14. The van der Waals surface area contributed by atoms with Crippen LogP contribution in [0.2, 0.25) is 5.15 Å². The van der Waals surface area contributed by atoms with Crippen molar-refractivity contribution in [2.45, 2.75) is 31.3 Å². The topological polar surface area (TPSA) is 56.3 Å². The first-order valence-corrected chi connectivity index (χ1v) is 7.63. The van der Waals surface area contributed by atoms with Gasteiger partial charge in [0.05, 0.1) is 12.4 Å². The van der Waals surface area contributed by atoms with Crippen LogP contribution in [0.1, 0.15) is 30.7 Å². The summed E-state index contributed by atoms with van der Waals surface area (Å²) < 4.78 is 27.0. The van der Waals surface area contributed by atoms with Gasteiger partial charge in [-0.2, -0.15) is 8.42 Å². The predicted molar refractivity (Wildman–Crippen MR) is 65.6 cm³/mol. The molecule has 1 heterocycles. The molecule has 0 radical (unpaired) electrons. The second kappa shape index (κ2) is 4.92. The average Bonchev–Trinajstić information content (AvgIpc) is 2.64. The summed E-state index contributed by atoms with van der Waals surface area (Å²) >= 11 is 5.72. The van der Waals surface area contributed by atoms with Crippen LogP contribution in [0.3, 0.4) is 0 Å². The van der Waals surface area contributed by atoms with Crippen LogP contribution in [0.25, 0.3) is 0 Å². The molecule has 1 aromatic rings. The van der Waals surface area contributed by atoms with Crippen LogP contribution in [0.5, 0.6) is 0 Å². The van der Waals surface area contributed by atoms with Gasteiger partial charge in [0.15, 0.2) is 0 Å². The van der Waals surface area contributed by atoms with Gasteiger partial charge in [-0.15, -0.1) is 0 Å². The van der Waals surface area contributed by atoms with Crippen molar-refractivity contribution < 1.29 is 12.6 Å². The molecule has 1 fully saturated rings. The average molecular weight is 276 g/mol. The van der Waals surface area contributed by atoms with E-state index in [1.54, 1.807) is 12.3 Å². The summed E-state index contributed by atoms with van der Waals surface area (Å²) in [6.07, 6.45) is 5.03. The van der Waals surface area contributed by atoms with Crippen LogP contribution < -0.4 is 0 Å². The molecule has 0 aliphatic heterocycles. The van der Waals surface area contributed by atoms with Crippen molar-refractivity contribution in [2.24, 2.45) is 0 Å². The van der Waals surface area contributed by atoms with E-state index in [4.69, 9.17) is 15.8 Å². The van der Waals surface area contributed by atoms with Crippen molar-refractivity contribution in [2.75, 3.05) is 6.26 Å². The summed E-state index contributed by atoms with van der Waals surface area (Å²) in [6, 6.07) is 3.68. The number of halogens is 1. The molecule has 1 aliphatic rings. The molecule has 2 unspecified atom stereocenters. The molecule has 0 saturated heterocycles. The van der Waals surface area contributed by atoms with Crippen molar-refractivity contribution in [1.29, 1.82) is 0 Å². The number of aromatic nitrogens is 1. The molecule has 0 aromatic carbocycles. The number of hydrogen-bond acceptors (Lipinski definition) is 4. The van der Waals surface area contributed by atoms with Crippen LogP contribution in [0.4, 0.5) is 0 Å². The van der Waals surface area contributed by atoms with Crippen molar-refractivity contribution in [1.82, 2.24) is 4.98 Å². The minimum atomic E-state index is -3.36. The molecule has 0 amide bonds. The quantitative estimate of drug-likeness (QED) is 0.628. The lowest BCUT2D eigenvalue weighted by molar-refractivity contribution is 0.218. The molecular weight excluding hydrogens is 262 g/mol. The van der Waals surface area contributed by atoms with Gasteiger partial charge < -0.3 is 0 Å². The third-order valence-corrected chi connectivity index (χ3v) is 3.76. The molecule has 0 spiro atoms. The number of rotatable bonds is 3. The van der Waals surface area contributed by atoms with Gasteiger partial charge in [-0.25, -0.2) is 4.98 Å². The van der Waals surface area contributed by atoms with E-state index < -0.39 is 10.1 Å². The zero-order valence-corrected chi connectivity index (χ0v) is 11.0. The Balaban J connectivity index is 2.00. The second-order valence-corrected chi connectivity index (χ2v) is 6.33. The SMILES string of the molecule is CS(=O)(=O)OC1CCC(c2ccc(Cl)nc2)C1. The molecule has 6 heteroatoms. The Bertz CT molecular complexity index is 486. The van der Waals surface area contributed by atoms with E-state index in [0.717, 1.165) is 31.1 Å². The lowest BCUT2D eigenvalue weighted by atomic mass is 10.00. The number of pyridine rings is 1. The van der Waals surface area contributed by atoms with Gasteiger partial charge in [-0.3, -0.25) is 4.18 Å². The molecule has 0 bridgehead atoms. The Hall–Kier alpha value is -0.650. The number of hydrogen-bond donors (Lipinski definition) is 0. The summed E-state index contributed by atoms with van der Waals surface area (Å²) in [7, 11) is -3.36. The molecule has 2 atom stereocenters. The van der Waals surface area contributed by atoms with E-state index in [2.05, 4.69) is 4.98 Å². The van der Waals surface area contributed by atoms with Crippen LogP contribution in [0.15, 0.2) is 18.3 Å². The summed E-state index contributed by atoms with van der Waals surface area (Å²) in [5, 5.41) is 0.468. The second-order valence-electron chi connectivity index (χ2n) is 4.35. The maximum Gasteiger partial charge on any atom is 0.264 e. The lowest BCUT2D eigenvalue weighted by Gasteiger charge is -2.11. The normalized spacial score (nSPS) is 25.1. The van der Waals surface area contributed by atoms with Crippen molar-refractivity contribution in [3.05, 3.63) is 29.0 Å². The van der Waals surface area contributed by atoms with Gasteiger partial charge in [0.25, 0.3) is 10.1 Å². The van der Waals surface area contributed by atoms with E-state index in [-0.39, 0.29) is 6.10 Å². The highest BCUT2D eigenvalue weighted by molar-refractivity contribution is 7.86. The fourth-order valence-electron chi connectivity index (χ4n) is 2.21. The Morgan fingerprint density at radius 3 is 2.76 bits per heavy atom. The zero-order chi connectivity index (χ0) is 12.5. The Morgan fingerprint density at radius 2 is 2.18 bits per heavy atom. The third-order valence-electron chi connectivity index (χ3n) is 2.92. The van der Waals surface area contributed by atoms with Gasteiger partial charge in [-0.05, 0) is 36.8 Å². The summed E-state index contributed by atoms with van der Waals surface area (Å²) in [6.45, 7) is 0. The molecular formula is C11H14ClNO3S. The molecule has 1 saturated carbocycles. The van der Waals surface area contributed by atoms with Gasteiger partial charge in [0.1, 0.15) is 5.15 Å².